The number of para-hydroxylation sites is 1. The first kappa shape index (κ1) is 18.6. The molecule has 0 radical (unpaired) electrons. The van der Waals surface area contributed by atoms with Crippen LogP contribution in [0.3, 0.4) is 0 Å². The standard InChI is InChI=1S/C23H30N4O2/c28-21(15-29-19-7-3-1-4-8-19)26-14-20(23(16-26)11-5-2-6-12-23)22-25-24-17-27(22)13-18-9-10-18/h1,3-4,7-8,17-18,20H,2,5-6,9-16H2. The zero-order chi connectivity index (χ0) is 19.7. The number of aromatic nitrogens is 3. The fourth-order valence-corrected chi connectivity index (χ4v) is 5.28. The number of likely N-dealkylation sites (tertiary alicyclic amines) is 1. The zero-order valence-corrected chi connectivity index (χ0v) is 17.0. The number of rotatable bonds is 6. The van der Waals surface area contributed by atoms with Gasteiger partial charge in [0.05, 0.1) is 0 Å². The highest BCUT2D eigenvalue weighted by Gasteiger charge is 2.50. The summed E-state index contributed by atoms with van der Waals surface area (Å²) in [5, 5.41) is 8.82. The molecular formula is C23H30N4O2. The van der Waals surface area contributed by atoms with E-state index in [4.69, 9.17) is 4.74 Å². The number of hydrogen-bond donors (Lipinski definition) is 0. The Morgan fingerprint density at radius 2 is 1.93 bits per heavy atom. The molecule has 2 aliphatic carbocycles. The monoisotopic (exact) mass is 394 g/mol. The Morgan fingerprint density at radius 1 is 1.14 bits per heavy atom. The van der Waals surface area contributed by atoms with Crippen LogP contribution in [0.2, 0.25) is 0 Å². The van der Waals surface area contributed by atoms with Gasteiger partial charge in [-0.25, -0.2) is 0 Å². The molecule has 1 saturated heterocycles. The van der Waals surface area contributed by atoms with Crippen LogP contribution in [0.15, 0.2) is 36.7 Å². The van der Waals surface area contributed by atoms with Crippen molar-refractivity contribution in [3.63, 3.8) is 0 Å². The quantitative estimate of drug-likeness (QED) is 0.750. The van der Waals surface area contributed by atoms with E-state index < -0.39 is 0 Å². The second-order valence-electron chi connectivity index (χ2n) is 9.14. The summed E-state index contributed by atoms with van der Waals surface area (Å²) in [7, 11) is 0. The third kappa shape index (κ3) is 3.89. The number of hydrogen-bond acceptors (Lipinski definition) is 4. The summed E-state index contributed by atoms with van der Waals surface area (Å²) < 4.78 is 8.01. The van der Waals surface area contributed by atoms with Gasteiger partial charge in [-0.05, 0) is 49.1 Å². The van der Waals surface area contributed by atoms with E-state index in [9.17, 15) is 4.79 Å². The predicted octanol–water partition coefficient (Wildman–Crippen LogP) is 3.64. The van der Waals surface area contributed by atoms with Crippen molar-refractivity contribution in [1.82, 2.24) is 19.7 Å². The summed E-state index contributed by atoms with van der Waals surface area (Å²) in [5.74, 6) is 2.98. The first-order valence-corrected chi connectivity index (χ1v) is 11.1. The van der Waals surface area contributed by atoms with Gasteiger partial charge in [0.25, 0.3) is 5.91 Å². The second kappa shape index (κ2) is 7.81. The number of amides is 1. The van der Waals surface area contributed by atoms with Gasteiger partial charge in [-0.1, -0.05) is 37.5 Å². The van der Waals surface area contributed by atoms with E-state index in [1.54, 1.807) is 0 Å². The van der Waals surface area contributed by atoms with E-state index in [1.165, 1.54) is 44.9 Å². The lowest BCUT2D eigenvalue weighted by Crippen LogP contribution is -2.36. The van der Waals surface area contributed by atoms with E-state index >= 15 is 0 Å². The fraction of sp³-hybridized carbons (Fsp3) is 0.609. The van der Waals surface area contributed by atoms with Gasteiger partial charge in [-0.2, -0.15) is 0 Å². The van der Waals surface area contributed by atoms with Crippen LogP contribution in [-0.2, 0) is 11.3 Å². The molecule has 3 fully saturated rings. The van der Waals surface area contributed by atoms with E-state index in [-0.39, 0.29) is 23.8 Å². The van der Waals surface area contributed by atoms with Gasteiger partial charge in [0.1, 0.15) is 17.9 Å². The minimum Gasteiger partial charge on any atom is -0.484 e. The Bertz CT molecular complexity index is 840. The zero-order valence-electron chi connectivity index (χ0n) is 17.0. The topological polar surface area (TPSA) is 60.2 Å². The average Bonchev–Trinajstić information content (AvgIpc) is 3.34. The summed E-state index contributed by atoms with van der Waals surface area (Å²) in [4.78, 5) is 15.0. The Kier molecular flexibility index (Phi) is 5.02. The molecule has 29 heavy (non-hydrogen) atoms. The molecule has 2 aromatic rings. The molecule has 3 aliphatic rings. The van der Waals surface area contributed by atoms with Crippen molar-refractivity contribution in [2.24, 2.45) is 11.3 Å². The van der Waals surface area contributed by atoms with Crippen molar-refractivity contribution >= 4 is 5.91 Å². The first-order valence-electron chi connectivity index (χ1n) is 11.1. The Hall–Kier alpha value is -2.37. The minimum atomic E-state index is 0.0783. The molecule has 2 saturated carbocycles. The van der Waals surface area contributed by atoms with Crippen LogP contribution in [0.1, 0.15) is 56.7 Å². The number of ether oxygens (including phenoxy) is 1. The van der Waals surface area contributed by atoms with Gasteiger partial charge < -0.3 is 14.2 Å². The average molecular weight is 395 g/mol. The number of carbonyl (C=O) groups is 1. The van der Waals surface area contributed by atoms with E-state index in [0.29, 0.717) is 0 Å². The summed E-state index contributed by atoms with van der Waals surface area (Å²) in [6, 6.07) is 9.58. The van der Waals surface area contributed by atoms with Gasteiger partial charge in [-0.15, -0.1) is 10.2 Å². The second-order valence-corrected chi connectivity index (χ2v) is 9.14. The van der Waals surface area contributed by atoms with Crippen LogP contribution in [0.25, 0.3) is 0 Å². The van der Waals surface area contributed by atoms with Crippen LogP contribution < -0.4 is 4.74 Å². The van der Waals surface area contributed by atoms with Crippen molar-refractivity contribution in [2.75, 3.05) is 19.7 Å². The number of carbonyl (C=O) groups excluding carboxylic acids is 1. The number of benzene rings is 1. The highest BCUT2D eigenvalue weighted by atomic mass is 16.5. The molecule has 154 valence electrons. The number of nitrogens with zero attached hydrogens (tertiary/aromatic N) is 4. The molecule has 0 bridgehead atoms. The maximum Gasteiger partial charge on any atom is 0.260 e. The predicted molar refractivity (Wildman–Crippen MR) is 110 cm³/mol. The third-order valence-corrected chi connectivity index (χ3v) is 7.06. The smallest absolute Gasteiger partial charge is 0.260 e. The molecule has 1 aromatic heterocycles. The fourth-order valence-electron chi connectivity index (χ4n) is 5.28. The molecule has 0 N–H and O–H groups in total. The van der Waals surface area contributed by atoms with Crippen LogP contribution in [0.5, 0.6) is 5.75 Å². The summed E-state index contributed by atoms with van der Waals surface area (Å²) in [6.07, 6.45) is 10.7. The van der Waals surface area contributed by atoms with Gasteiger partial charge >= 0.3 is 0 Å². The van der Waals surface area contributed by atoms with Crippen LogP contribution in [-0.4, -0.2) is 45.3 Å². The summed E-state index contributed by atoms with van der Waals surface area (Å²) in [6.45, 7) is 2.69. The van der Waals surface area contributed by atoms with Crippen molar-refractivity contribution in [2.45, 2.75) is 57.4 Å². The van der Waals surface area contributed by atoms with E-state index in [0.717, 1.165) is 37.1 Å². The molecule has 1 amide bonds. The molecule has 6 nitrogen and oxygen atoms in total. The van der Waals surface area contributed by atoms with Gasteiger partial charge in [0, 0.05) is 25.6 Å². The van der Waals surface area contributed by atoms with Crippen molar-refractivity contribution < 1.29 is 9.53 Å². The van der Waals surface area contributed by atoms with Crippen molar-refractivity contribution in [3.05, 3.63) is 42.5 Å². The van der Waals surface area contributed by atoms with Crippen LogP contribution >= 0.6 is 0 Å². The van der Waals surface area contributed by atoms with Crippen LogP contribution in [0, 0.1) is 11.3 Å². The lowest BCUT2D eigenvalue weighted by molar-refractivity contribution is -0.132. The van der Waals surface area contributed by atoms with E-state index in [2.05, 4.69) is 14.8 Å². The Morgan fingerprint density at radius 3 is 2.69 bits per heavy atom. The SMILES string of the molecule is O=C(COc1ccccc1)N1CC(c2nncn2CC2CC2)C2(CCCCC2)C1. The van der Waals surface area contributed by atoms with Gasteiger partial charge in [-0.3, -0.25) is 4.79 Å². The molecule has 1 spiro atoms. The Labute approximate surface area is 172 Å². The summed E-state index contributed by atoms with van der Waals surface area (Å²) in [5.41, 5.74) is 0.148. The normalized spacial score (nSPS) is 23.4. The first-order chi connectivity index (χ1) is 14.2. The van der Waals surface area contributed by atoms with Crippen LogP contribution in [0.4, 0.5) is 0 Å². The third-order valence-electron chi connectivity index (χ3n) is 7.06. The largest absolute Gasteiger partial charge is 0.484 e. The highest BCUT2D eigenvalue weighted by Crippen LogP contribution is 2.51. The maximum absolute atomic E-state index is 13.0. The lowest BCUT2D eigenvalue weighted by Gasteiger charge is -2.37. The molecule has 1 atom stereocenters. The van der Waals surface area contributed by atoms with E-state index in [1.807, 2.05) is 41.6 Å². The highest BCUT2D eigenvalue weighted by molar-refractivity contribution is 5.78. The van der Waals surface area contributed by atoms with Crippen molar-refractivity contribution in [3.8, 4) is 5.75 Å². The van der Waals surface area contributed by atoms with Gasteiger partial charge in [0.15, 0.2) is 6.61 Å². The molecule has 6 heteroatoms. The molecule has 2 heterocycles. The molecule has 5 rings (SSSR count). The maximum atomic E-state index is 13.0. The molecule has 1 unspecified atom stereocenters. The minimum absolute atomic E-state index is 0.0783. The Balaban J connectivity index is 1.33. The van der Waals surface area contributed by atoms with Crippen molar-refractivity contribution in [1.29, 1.82) is 0 Å². The summed E-state index contributed by atoms with van der Waals surface area (Å²) >= 11 is 0. The lowest BCUT2D eigenvalue weighted by atomic mass is 9.67. The molecular weight excluding hydrogens is 364 g/mol. The molecule has 1 aromatic carbocycles. The molecule has 1 aliphatic heterocycles. The van der Waals surface area contributed by atoms with Gasteiger partial charge in [0.2, 0.25) is 0 Å².